The first kappa shape index (κ1) is 11.6. The van der Waals surface area contributed by atoms with Gasteiger partial charge in [0.2, 0.25) is 0 Å². The average molecular weight is 202 g/mol. The van der Waals surface area contributed by atoms with E-state index in [9.17, 15) is 9.90 Å². The zero-order valence-electron chi connectivity index (χ0n) is 8.84. The lowest BCUT2D eigenvalue weighted by Crippen LogP contribution is -2.49. The number of aliphatic hydroxyl groups is 1. The molecule has 1 rings (SSSR count). The van der Waals surface area contributed by atoms with Gasteiger partial charge >= 0.3 is 0 Å². The molecule has 1 aliphatic heterocycles. The number of aldehydes is 1. The van der Waals surface area contributed by atoms with Crippen LogP contribution in [0.2, 0.25) is 0 Å². The maximum Gasteiger partial charge on any atom is 0.162 e. The first-order chi connectivity index (χ1) is 6.61. The molecule has 0 aromatic heterocycles. The van der Waals surface area contributed by atoms with Gasteiger partial charge in [-0.15, -0.1) is 0 Å². The van der Waals surface area contributed by atoms with E-state index in [1.54, 1.807) is 7.11 Å². The summed E-state index contributed by atoms with van der Waals surface area (Å²) in [6.07, 6.45) is 0.00921. The molecule has 1 N–H and O–H groups in total. The minimum absolute atomic E-state index is 0.0263. The first-order valence-corrected chi connectivity index (χ1v) is 4.91. The van der Waals surface area contributed by atoms with Crippen LogP contribution < -0.4 is 0 Å². The molecule has 0 bridgehead atoms. The van der Waals surface area contributed by atoms with E-state index < -0.39 is 12.4 Å². The third-order valence-electron chi connectivity index (χ3n) is 2.96. The van der Waals surface area contributed by atoms with Crippen LogP contribution in [0.15, 0.2) is 0 Å². The van der Waals surface area contributed by atoms with E-state index in [1.165, 1.54) is 0 Å². The van der Waals surface area contributed by atoms with Gasteiger partial charge in [-0.25, -0.2) is 0 Å². The molecule has 14 heavy (non-hydrogen) atoms. The van der Waals surface area contributed by atoms with Crippen LogP contribution in [0.1, 0.15) is 20.3 Å². The van der Waals surface area contributed by atoms with Crippen molar-refractivity contribution in [3.63, 3.8) is 0 Å². The molecule has 0 unspecified atom stereocenters. The minimum atomic E-state index is -0.473. The second-order valence-electron chi connectivity index (χ2n) is 3.89. The van der Waals surface area contributed by atoms with E-state index in [2.05, 4.69) is 0 Å². The Labute approximate surface area is 84.2 Å². The van der Waals surface area contributed by atoms with Gasteiger partial charge in [-0.1, -0.05) is 13.8 Å². The standard InChI is InChI=1S/C10H18O4/c1-6-8(4-5-11)14-10(13-3)7(2)9(6)12/h5-10,12H,4H2,1-3H3/t6-,7+,8+,9-,10-/m0/s1. The highest BCUT2D eigenvalue weighted by atomic mass is 16.7. The van der Waals surface area contributed by atoms with Crippen molar-refractivity contribution in [1.29, 1.82) is 0 Å². The molecule has 0 aliphatic carbocycles. The molecule has 0 radical (unpaired) electrons. The summed E-state index contributed by atoms with van der Waals surface area (Å²) in [6, 6.07) is 0. The number of aliphatic hydroxyl groups excluding tert-OH is 1. The van der Waals surface area contributed by atoms with Gasteiger partial charge in [0.05, 0.1) is 12.2 Å². The fraction of sp³-hybridized carbons (Fsp3) is 0.900. The van der Waals surface area contributed by atoms with Crippen molar-refractivity contribution in [2.45, 2.75) is 38.8 Å². The van der Waals surface area contributed by atoms with Crippen LogP contribution in [0.5, 0.6) is 0 Å². The van der Waals surface area contributed by atoms with Gasteiger partial charge in [0, 0.05) is 25.4 Å². The van der Waals surface area contributed by atoms with Gasteiger partial charge < -0.3 is 19.4 Å². The summed E-state index contributed by atoms with van der Waals surface area (Å²) in [5, 5.41) is 9.87. The van der Waals surface area contributed by atoms with Crippen LogP contribution in [0, 0.1) is 11.8 Å². The lowest BCUT2D eigenvalue weighted by molar-refractivity contribution is -0.251. The van der Waals surface area contributed by atoms with Crippen LogP contribution in [0.3, 0.4) is 0 Å². The number of hydrogen-bond donors (Lipinski definition) is 1. The summed E-state index contributed by atoms with van der Waals surface area (Å²) >= 11 is 0. The number of carbonyl (C=O) groups is 1. The Balaban J connectivity index is 2.67. The third-order valence-corrected chi connectivity index (χ3v) is 2.96. The number of rotatable bonds is 3. The Morgan fingerprint density at radius 2 is 2.07 bits per heavy atom. The van der Waals surface area contributed by atoms with Gasteiger partial charge in [-0.05, 0) is 0 Å². The Hall–Kier alpha value is -0.450. The van der Waals surface area contributed by atoms with Crippen LogP contribution in [0.25, 0.3) is 0 Å². The highest BCUT2D eigenvalue weighted by Gasteiger charge is 2.40. The molecule has 0 aromatic rings. The van der Waals surface area contributed by atoms with Gasteiger partial charge in [-0.3, -0.25) is 0 Å². The lowest BCUT2D eigenvalue weighted by atomic mass is 9.85. The summed E-state index contributed by atoms with van der Waals surface area (Å²) in [5.74, 6) is -0.0838. The number of methoxy groups -OCH3 is 1. The maximum atomic E-state index is 10.4. The number of hydrogen-bond acceptors (Lipinski definition) is 4. The van der Waals surface area contributed by atoms with E-state index in [0.717, 1.165) is 6.29 Å². The van der Waals surface area contributed by atoms with Crippen molar-refractivity contribution in [1.82, 2.24) is 0 Å². The highest BCUT2D eigenvalue weighted by molar-refractivity contribution is 5.50. The molecule has 4 heteroatoms. The zero-order valence-corrected chi connectivity index (χ0v) is 8.84. The molecule has 1 heterocycles. The van der Waals surface area contributed by atoms with E-state index >= 15 is 0 Å². The van der Waals surface area contributed by atoms with Crippen molar-refractivity contribution in [2.75, 3.05) is 7.11 Å². The van der Waals surface area contributed by atoms with Crippen molar-refractivity contribution >= 4 is 6.29 Å². The van der Waals surface area contributed by atoms with E-state index in [-0.39, 0.29) is 17.9 Å². The SMILES string of the molecule is CO[C@H]1O[C@H](CC=O)[C@H](C)[C@H](O)[C@H]1C. The van der Waals surface area contributed by atoms with Crippen molar-refractivity contribution in [3.8, 4) is 0 Å². The van der Waals surface area contributed by atoms with Crippen LogP contribution >= 0.6 is 0 Å². The van der Waals surface area contributed by atoms with Gasteiger partial charge in [-0.2, -0.15) is 0 Å². The molecule has 5 atom stereocenters. The molecule has 4 nitrogen and oxygen atoms in total. The lowest BCUT2D eigenvalue weighted by Gasteiger charge is -2.41. The minimum Gasteiger partial charge on any atom is -0.392 e. The quantitative estimate of drug-likeness (QED) is 0.680. The Bertz CT molecular complexity index is 193. The van der Waals surface area contributed by atoms with Crippen molar-refractivity contribution < 1.29 is 19.4 Å². The zero-order chi connectivity index (χ0) is 10.7. The first-order valence-electron chi connectivity index (χ1n) is 4.91. The second-order valence-corrected chi connectivity index (χ2v) is 3.89. The Morgan fingerprint density at radius 1 is 1.43 bits per heavy atom. The summed E-state index contributed by atoms with van der Waals surface area (Å²) < 4.78 is 10.7. The molecule has 1 fully saturated rings. The molecular weight excluding hydrogens is 184 g/mol. The van der Waals surface area contributed by atoms with E-state index in [4.69, 9.17) is 9.47 Å². The highest BCUT2D eigenvalue weighted by Crippen LogP contribution is 2.31. The smallest absolute Gasteiger partial charge is 0.162 e. The normalized spacial score (nSPS) is 43.6. The molecule has 0 aromatic carbocycles. The predicted molar refractivity (Wildman–Crippen MR) is 50.7 cm³/mol. The van der Waals surface area contributed by atoms with Crippen LogP contribution in [-0.2, 0) is 14.3 Å². The topological polar surface area (TPSA) is 55.8 Å². The predicted octanol–water partition coefficient (Wildman–Crippen LogP) is 0.580. The van der Waals surface area contributed by atoms with Crippen LogP contribution in [0.4, 0.5) is 0 Å². The molecular formula is C10H18O4. The molecule has 1 aliphatic rings. The maximum absolute atomic E-state index is 10.4. The molecule has 1 saturated heterocycles. The molecule has 82 valence electrons. The Kier molecular flexibility index (Phi) is 4.04. The largest absolute Gasteiger partial charge is 0.392 e. The summed E-state index contributed by atoms with van der Waals surface area (Å²) in [6.45, 7) is 3.77. The average Bonchev–Trinajstić information content (AvgIpc) is 2.19. The van der Waals surface area contributed by atoms with Crippen molar-refractivity contribution in [2.24, 2.45) is 11.8 Å². The summed E-state index contributed by atoms with van der Waals surface area (Å²) in [5.41, 5.74) is 0. The van der Waals surface area contributed by atoms with Gasteiger partial charge in [0.1, 0.15) is 6.29 Å². The summed E-state index contributed by atoms with van der Waals surface area (Å²) in [4.78, 5) is 10.4. The number of ether oxygens (including phenoxy) is 2. The molecule has 0 spiro atoms. The molecule has 0 amide bonds. The summed E-state index contributed by atoms with van der Waals surface area (Å²) in [7, 11) is 1.54. The third kappa shape index (κ3) is 2.13. The van der Waals surface area contributed by atoms with E-state index in [1.807, 2.05) is 13.8 Å². The fourth-order valence-corrected chi connectivity index (χ4v) is 1.92. The fourth-order valence-electron chi connectivity index (χ4n) is 1.92. The van der Waals surface area contributed by atoms with Gasteiger partial charge in [0.25, 0.3) is 0 Å². The molecule has 0 saturated carbocycles. The van der Waals surface area contributed by atoms with E-state index in [0.29, 0.717) is 6.42 Å². The Morgan fingerprint density at radius 3 is 2.57 bits per heavy atom. The monoisotopic (exact) mass is 202 g/mol. The van der Waals surface area contributed by atoms with Gasteiger partial charge in [0.15, 0.2) is 6.29 Å². The van der Waals surface area contributed by atoms with Crippen LogP contribution in [-0.4, -0.2) is 37.0 Å². The number of carbonyl (C=O) groups excluding carboxylic acids is 1. The van der Waals surface area contributed by atoms with Crippen molar-refractivity contribution in [3.05, 3.63) is 0 Å². The second kappa shape index (κ2) is 4.87.